The van der Waals surface area contributed by atoms with Crippen molar-refractivity contribution in [1.29, 1.82) is 0 Å². The summed E-state index contributed by atoms with van der Waals surface area (Å²) >= 11 is 0. The quantitative estimate of drug-likeness (QED) is 0.109. The van der Waals surface area contributed by atoms with Crippen molar-refractivity contribution < 1.29 is 24.5 Å². The van der Waals surface area contributed by atoms with Crippen LogP contribution in [0.5, 0.6) is 17.2 Å². The fraction of sp³-hybridized carbons (Fsp3) is 0.364. The van der Waals surface area contributed by atoms with E-state index in [4.69, 9.17) is 24.4 Å². The number of hydrogen-bond donors (Lipinski definition) is 2. The van der Waals surface area contributed by atoms with Crippen molar-refractivity contribution in [1.82, 2.24) is 15.0 Å². The molecule has 0 saturated heterocycles. The lowest BCUT2D eigenvalue weighted by Crippen LogP contribution is -2.19. The van der Waals surface area contributed by atoms with Crippen LogP contribution in [-0.2, 0) is 15.6 Å². The van der Waals surface area contributed by atoms with Crippen LogP contribution in [0, 0.1) is 27.7 Å². The minimum Gasteiger partial charge on any atom is -0.507 e. The second-order valence-electron chi connectivity index (χ2n) is 15.7. The van der Waals surface area contributed by atoms with E-state index in [1.807, 2.05) is 79.7 Å². The summed E-state index contributed by atoms with van der Waals surface area (Å²) in [5, 5.41) is 22.1. The van der Waals surface area contributed by atoms with E-state index in [-0.39, 0.29) is 28.9 Å². The SMILES string of the molecule is Cc1ccc(-c2nc(-c3ccc(C)cc3C)nc(-c3ccc(OCCCCOC(=O)c4cc(C(C)(C)C)c(O)c(C(C)(C)C)c4)cc3O)n2)c(C)c1. The Labute approximate surface area is 307 Å². The number of hydrogen-bond acceptors (Lipinski definition) is 8. The minimum atomic E-state index is -0.419. The third-order valence-corrected chi connectivity index (χ3v) is 9.09. The zero-order valence-corrected chi connectivity index (χ0v) is 32.1. The van der Waals surface area contributed by atoms with Crippen molar-refractivity contribution in [2.75, 3.05) is 13.2 Å². The van der Waals surface area contributed by atoms with Gasteiger partial charge in [0, 0.05) is 28.3 Å². The van der Waals surface area contributed by atoms with E-state index in [2.05, 4.69) is 26.0 Å². The molecule has 272 valence electrons. The molecule has 0 unspecified atom stereocenters. The van der Waals surface area contributed by atoms with Crippen LogP contribution in [0.4, 0.5) is 0 Å². The summed E-state index contributed by atoms with van der Waals surface area (Å²) in [6, 6.07) is 20.9. The molecule has 0 bridgehead atoms. The van der Waals surface area contributed by atoms with E-state index in [0.29, 0.717) is 64.9 Å². The predicted octanol–water partition coefficient (Wildman–Crippen LogP) is 10.1. The monoisotopic (exact) mass is 701 g/mol. The lowest BCUT2D eigenvalue weighted by atomic mass is 9.78. The Balaban J connectivity index is 1.26. The molecule has 8 heteroatoms. The number of carbonyl (C=O) groups is 1. The molecule has 0 spiro atoms. The highest BCUT2D eigenvalue weighted by atomic mass is 16.5. The summed E-state index contributed by atoms with van der Waals surface area (Å²) in [6.45, 7) is 20.8. The van der Waals surface area contributed by atoms with Crippen LogP contribution in [-0.4, -0.2) is 44.3 Å². The van der Waals surface area contributed by atoms with Crippen LogP contribution >= 0.6 is 0 Å². The van der Waals surface area contributed by atoms with Gasteiger partial charge in [0.25, 0.3) is 0 Å². The Morgan fingerprint density at radius 1 is 0.615 bits per heavy atom. The second-order valence-corrected chi connectivity index (χ2v) is 15.7. The molecule has 8 nitrogen and oxygen atoms in total. The lowest BCUT2D eigenvalue weighted by Gasteiger charge is -2.28. The van der Waals surface area contributed by atoms with Gasteiger partial charge in [0.15, 0.2) is 17.5 Å². The number of phenols is 2. The summed E-state index contributed by atoms with van der Waals surface area (Å²) in [5.74, 6) is 1.74. The molecule has 5 aromatic rings. The highest BCUT2D eigenvalue weighted by molar-refractivity contribution is 5.90. The van der Waals surface area contributed by atoms with Gasteiger partial charge in [-0.3, -0.25) is 0 Å². The van der Waals surface area contributed by atoms with E-state index in [1.54, 1.807) is 30.3 Å². The molecule has 2 N–H and O–H groups in total. The van der Waals surface area contributed by atoms with Gasteiger partial charge >= 0.3 is 5.97 Å². The van der Waals surface area contributed by atoms with E-state index in [9.17, 15) is 15.0 Å². The van der Waals surface area contributed by atoms with Crippen molar-refractivity contribution in [3.05, 3.63) is 106 Å². The number of aromatic hydroxyl groups is 2. The summed E-state index contributed by atoms with van der Waals surface area (Å²) in [7, 11) is 0. The number of rotatable bonds is 10. The van der Waals surface area contributed by atoms with Crippen molar-refractivity contribution in [2.45, 2.75) is 92.9 Å². The Hall–Kier alpha value is -5.24. The first-order chi connectivity index (χ1) is 24.4. The van der Waals surface area contributed by atoms with Crippen molar-refractivity contribution in [2.24, 2.45) is 0 Å². The van der Waals surface area contributed by atoms with Crippen LogP contribution in [0.2, 0.25) is 0 Å². The maximum Gasteiger partial charge on any atom is 0.338 e. The molecule has 0 fully saturated rings. The van der Waals surface area contributed by atoms with Crippen LogP contribution in [0.1, 0.15) is 98.1 Å². The fourth-order valence-electron chi connectivity index (χ4n) is 6.19. The highest BCUT2D eigenvalue weighted by Crippen LogP contribution is 2.40. The van der Waals surface area contributed by atoms with Crippen molar-refractivity contribution in [3.8, 4) is 51.4 Å². The van der Waals surface area contributed by atoms with Gasteiger partial charge in [-0.2, -0.15) is 0 Å². The molecule has 0 saturated carbocycles. The number of nitrogens with zero attached hydrogens (tertiary/aromatic N) is 3. The predicted molar refractivity (Wildman–Crippen MR) is 207 cm³/mol. The topological polar surface area (TPSA) is 115 Å². The average molecular weight is 702 g/mol. The largest absolute Gasteiger partial charge is 0.507 e. The lowest BCUT2D eigenvalue weighted by molar-refractivity contribution is 0.0493. The van der Waals surface area contributed by atoms with Gasteiger partial charge in [0.2, 0.25) is 0 Å². The number of esters is 1. The maximum absolute atomic E-state index is 13.0. The third-order valence-electron chi connectivity index (χ3n) is 9.09. The average Bonchev–Trinajstić information content (AvgIpc) is 3.05. The molecule has 1 heterocycles. The first-order valence-corrected chi connectivity index (χ1v) is 17.8. The molecule has 1 aromatic heterocycles. The van der Waals surface area contributed by atoms with Crippen LogP contribution in [0.15, 0.2) is 66.7 Å². The molecule has 4 aromatic carbocycles. The summed E-state index contributed by atoms with van der Waals surface area (Å²) in [5.41, 5.74) is 7.85. The number of aromatic nitrogens is 3. The molecule has 0 atom stereocenters. The minimum absolute atomic E-state index is 0.00561. The summed E-state index contributed by atoms with van der Waals surface area (Å²) in [6.07, 6.45) is 1.23. The number of unbranched alkanes of at least 4 members (excludes halogenated alkanes) is 1. The Morgan fingerprint density at radius 2 is 1.08 bits per heavy atom. The standard InChI is InChI=1S/C44H51N3O5/c1-26-13-16-32(28(3)21-26)39-45-40(33-17-14-27(2)22-29(33)4)47-41(46-39)34-18-15-31(25-37(34)48)51-19-11-12-20-52-42(50)30-23-35(43(5,6)7)38(49)36(24-30)44(8,9)10/h13-18,21-25,48-49H,11-12,19-20H2,1-10H3. The molecular formula is C44H51N3O5. The number of phenolic OH excluding ortho intramolecular Hbond substituents is 2. The molecule has 0 radical (unpaired) electrons. The van der Waals surface area contributed by atoms with E-state index < -0.39 is 5.97 Å². The number of carbonyl (C=O) groups excluding carboxylic acids is 1. The number of benzene rings is 4. The normalized spacial score (nSPS) is 11.8. The van der Waals surface area contributed by atoms with Gasteiger partial charge in [-0.1, -0.05) is 89.1 Å². The zero-order chi connectivity index (χ0) is 38.0. The second kappa shape index (κ2) is 15.2. The fourth-order valence-corrected chi connectivity index (χ4v) is 6.19. The summed E-state index contributed by atoms with van der Waals surface area (Å²) in [4.78, 5) is 27.6. The summed E-state index contributed by atoms with van der Waals surface area (Å²) < 4.78 is 11.6. The Kier molecular flexibility index (Phi) is 11.1. The van der Waals surface area contributed by atoms with Gasteiger partial charge in [-0.25, -0.2) is 19.7 Å². The molecule has 0 aliphatic heterocycles. The van der Waals surface area contributed by atoms with E-state index in [0.717, 1.165) is 33.4 Å². The molecule has 0 amide bonds. The first kappa shape index (κ1) is 38.0. The van der Waals surface area contributed by atoms with Crippen LogP contribution in [0.25, 0.3) is 34.2 Å². The van der Waals surface area contributed by atoms with Gasteiger partial charge in [0.1, 0.15) is 17.2 Å². The van der Waals surface area contributed by atoms with Crippen molar-refractivity contribution >= 4 is 5.97 Å². The van der Waals surface area contributed by atoms with Gasteiger partial charge < -0.3 is 19.7 Å². The Morgan fingerprint density at radius 3 is 1.54 bits per heavy atom. The van der Waals surface area contributed by atoms with Gasteiger partial charge in [0.05, 0.1) is 24.3 Å². The van der Waals surface area contributed by atoms with Crippen LogP contribution < -0.4 is 4.74 Å². The first-order valence-electron chi connectivity index (χ1n) is 17.8. The molecular weight excluding hydrogens is 651 g/mol. The van der Waals surface area contributed by atoms with Gasteiger partial charge in [-0.05, 0) is 86.8 Å². The molecule has 0 aliphatic carbocycles. The molecule has 0 aliphatic rings. The smallest absolute Gasteiger partial charge is 0.338 e. The Bertz CT molecular complexity index is 2000. The van der Waals surface area contributed by atoms with E-state index in [1.165, 1.54) is 0 Å². The maximum atomic E-state index is 13.0. The highest BCUT2D eigenvalue weighted by Gasteiger charge is 2.28. The van der Waals surface area contributed by atoms with E-state index >= 15 is 0 Å². The third kappa shape index (κ3) is 8.79. The number of aryl methyl sites for hydroxylation is 4. The van der Waals surface area contributed by atoms with Crippen LogP contribution in [0.3, 0.4) is 0 Å². The van der Waals surface area contributed by atoms with Gasteiger partial charge in [-0.15, -0.1) is 0 Å². The zero-order valence-electron chi connectivity index (χ0n) is 32.1. The van der Waals surface area contributed by atoms with Crippen molar-refractivity contribution in [3.63, 3.8) is 0 Å². The number of ether oxygens (including phenoxy) is 2. The molecule has 52 heavy (non-hydrogen) atoms. The molecule has 5 rings (SSSR count).